The quantitative estimate of drug-likeness (QED) is 0.865. The zero-order valence-corrected chi connectivity index (χ0v) is 11.0. The summed E-state index contributed by atoms with van der Waals surface area (Å²) >= 11 is 1.92. The largest absolute Gasteiger partial charge is 0.383 e. The maximum atomic E-state index is 5.69. The summed E-state index contributed by atoms with van der Waals surface area (Å²) in [4.78, 5) is 1.35. The van der Waals surface area contributed by atoms with Crippen LogP contribution < -0.4 is 11.1 Å². The molecule has 3 heteroatoms. The lowest BCUT2D eigenvalue weighted by Gasteiger charge is -2.18. The first kappa shape index (κ1) is 11.6. The second kappa shape index (κ2) is 5.04. The summed E-state index contributed by atoms with van der Waals surface area (Å²) in [6, 6.07) is 15.1. The molecular weight excluding hydrogens is 240 g/mol. The standard InChI is InChI=1S/C15H16N2S/c16-10-11-2-1-3-12(8-11)13-4-5-15-14(9-13)17-6-7-18-15/h1-5,8-9,17H,6-7,10,16H2. The number of nitrogens with two attached hydrogens (primary N) is 1. The molecule has 0 aromatic heterocycles. The average Bonchev–Trinajstić information content (AvgIpc) is 2.47. The van der Waals surface area contributed by atoms with Gasteiger partial charge in [0.1, 0.15) is 0 Å². The van der Waals surface area contributed by atoms with E-state index in [4.69, 9.17) is 5.73 Å². The maximum absolute atomic E-state index is 5.69. The van der Waals surface area contributed by atoms with Crippen LogP contribution in [-0.4, -0.2) is 12.3 Å². The van der Waals surface area contributed by atoms with E-state index in [0.29, 0.717) is 6.54 Å². The van der Waals surface area contributed by atoms with Gasteiger partial charge in [0.15, 0.2) is 0 Å². The second-order valence-corrected chi connectivity index (χ2v) is 5.53. The van der Waals surface area contributed by atoms with E-state index in [9.17, 15) is 0 Å². The number of fused-ring (bicyclic) bond motifs is 1. The Morgan fingerprint density at radius 1 is 1.11 bits per heavy atom. The molecule has 0 fully saturated rings. The molecular formula is C15H16N2S. The molecule has 2 aromatic rings. The van der Waals surface area contributed by atoms with Gasteiger partial charge in [-0.05, 0) is 34.9 Å². The highest BCUT2D eigenvalue weighted by Gasteiger charge is 2.10. The Bertz CT molecular complexity index is 566. The normalized spacial score (nSPS) is 13.8. The molecule has 18 heavy (non-hydrogen) atoms. The van der Waals surface area contributed by atoms with E-state index in [-0.39, 0.29) is 0 Å². The maximum Gasteiger partial charge on any atom is 0.0484 e. The van der Waals surface area contributed by atoms with Gasteiger partial charge >= 0.3 is 0 Å². The van der Waals surface area contributed by atoms with E-state index in [0.717, 1.165) is 12.3 Å². The summed E-state index contributed by atoms with van der Waals surface area (Å²) in [7, 11) is 0. The molecule has 0 saturated heterocycles. The van der Waals surface area contributed by atoms with Crippen molar-refractivity contribution in [2.45, 2.75) is 11.4 Å². The van der Waals surface area contributed by atoms with Gasteiger partial charge in [-0.3, -0.25) is 0 Å². The van der Waals surface area contributed by atoms with Gasteiger partial charge in [-0.25, -0.2) is 0 Å². The fraction of sp³-hybridized carbons (Fsp3) is 0.200. The van der Waals surface area contributed by atoms with Gasteiger partial charge in [-0.2, -0.15) is 0 Å². The number of thioether (sulfide) groups is 1. The van der Waals surface area contributed by atoms with E-state index < -0.39 is 0 Å². The minimum absolute atomic E-state index is 0.590. The van der Waals surface area contributed by atoms with Crippen LogP contribution in [0.5, 0.6) is 0 Å². The molecule has 2 aromatic carbocycles. The van der Waals surface area contributed by atoms with Crippen LogP contribution in [0.2, 0.25) is 0 Å². The SMILES string of the molecule is NCc1cccc(-c2ccc3c(c2)NCCS3)c1. The van der Waals surface area contributed by atoms with Crippen LogP contribution in [0.15, 0.2) is 47.4 Å². The van der Waals surface area contributed by atoms with Crippen LogP contribution in [0.4, 0.5) is 5.69 Å². The van der Waals surface area contributed by atoms with E-state index in [2.05, 4.69) is 47.8 Å². The third kappa shape index (κ3) is 2.24. The Labute approximate surface area is 112 Å². The van der Waals surface area contributed by atoms with E-state index >= 15 is 0 Å². The summed E-state index contributed by atoms with van der Waals surface area (Å²) < 4.78 is 0. The van der Waals surface area contributed by atoms with Crippen molar-refractivity contribution in [3.63, 3.8) is 0 Å². The van der Waals surface area contributed by atoms with Gasteiger partial charge in [0.2, 0.25) is 0 Å². The molecule has 92 valence electrons. The van der Waals surface area contributed by atoms with E-state index in [1.165, 1.54) is 27.3 Å². The molecule has 1 aliphatic rings. The second-order valence-electron chi connectivity index (χ2n) is 4.39. The van der Waals surface area contributed by atoms with E-state index in [1.807, 2.05) is 11.8 Å². The molecule has 0 aliphatic carbocycles. The first-order chi connectivity index (χ1) is 8.86. The van der Waals surface area contributed by atoms with Crippen molar-refractivity contribution in [1.29, 1.82) is 0 Å². The number of nitrogens with one attached hydrogen (secondary N) is 1. The number of hydrogen-bond acceptors (Lipinski definition) is 3. The van der Waals surface area contributed by atoms with Crippen LogP contribution in [0.3, 0.4) is 0 Å². The Morgan fingerprint density at radius 3 is 2.89 bits per heavy atom. The first-order valence-corrected chi connectivity index (χ1v) is 7.15. The molecule has 0 spiro atoms. The number of benzene rings is 2. The third-order valence-electron chi connectivity index (χ3n) is 3.15. The minimum atomic E-state index is 0.590. The van der Waals surface area contributed by atoms with Gasteiger partial charge in [-0.1, -0.05) is 24.3 Å². The van der Waals surface area contributed by atoms with Gasteiger partial charge in [0.25, 0.3) is 0 Å². The highest BCUT2D eigenvalue weighted by atomic mass is 32.2. The van der Waals surface area contributed by atoms with Gasteiger partial charge in [0.05, 0.1) is 0 Å². The predicted octanol–water partition coefficient (Wildman–Crippen LogP) is 3.33. The highest BCUT2D eigenvalue weighted by molar-refractivity contribution is 7.99. The molecule has 1 aliphatic heterocycles. The Balaban J connectivity index is 2.00. The Kier molecular flexibility index (Phi) is 3.26. The third-order valence-corrected chi connectivity index (χ3v) is 4.23. The van der Waals surface area contributed by atoms with Crippen LogP contribution in [0.25, 0.3) is 11.1 Å². The molecule has 0 saturated carbocycles. The van der Waals surface area contributed by atoms with Gasteiger partial charge in [-0.15, -0.1) is 11.8 Å². The van der Waals surface area contributed by atoms with Gasteiger partial charge < -0.3 is 11.1 Å². The van der Waals surface area contributed by atoms with Crippen LogP contribution in [0, 0.1) is 0 Å². The molecule has 0 unspecified atom stereocenters. The van der Waals surface area contributed by atoms with Gasteiger partial charge in [0, 0.05) is 29.4 Å². The zero-order chi connectivity index (χ0) is 12.4. The van der Waals surface area contributed by atoms with Crippen molar-refractivity contribution in [3.8, 4) is 11.1 Å². The topological polar surface area (TPSA) is 38.0 Å². The highest BCUT2D eigenvalue weighted by Crippen LogP contribution is 2.34. The molecule has 3 rings (SSSR count). The number of hydrogen-bond donors (Lipinski definition) is 2. The molecule has 3 N–H and O–H groups in total. The Hall–Kier alpha value is -1.45. The predicted molar refractivity (Wildman–Crippen MR) is 79.0 cm³/mol. The summed E-state index contributed by atoms with van der Waals surface area (Å²) in [6.45, 7) is 1.64. The Morgan fingerprint density at radius 2 is 2.00 bits per heavy atom. The number of anilines is 1. The molecule has 1 heterocycles. The zero-order valence-electron chi connectivity index (χ0n) is 10.1. The minimum Gasteiger partial charge on any atom is -0.383 e. The van der Waals surface area contributed by atoms with E-state index in [1.54, 1.807) is 0 Å². The summed E-state index contributed by atoms with van der Waals surface area (Å²) in [5.41, 5.74) is 10.6. The summed E-state index contributed by atoms with van der Waals surface area (Å²) in [5, 5.41) is 3.46. The number of rotatable bonds is 2. The average molecular weight is 256 g/mol. The summed E-state index contributed by atoms with van der Waals surface area (Å²) in [6.07, 6.45) is 0. The van der Waals surface area contributed by atoms with Crippen LogP contribution in [0.1, 0.15) is 5.56 Å². The van der Waals surface area contributed by atoms with Crippen LogP contribution >= 0.6 is 11.8 Å². The lowest BCUT2D eigenvalue weighted by atomic mass is 10.0. The van der Waals surface area contributed by atoms with Crippen molar-refractivity contribution in [2.75, 3.05) is 17.6 Å². The van der Waals surface area contributed by atoms with Crippen molar-refractivity contribution >= 4 is 17.4 Å². The molecule has 0 atom stereocenters. The van der Waals surface area contributed by atoms with Crippen molar-refractivity contribution in [2.24, 2.45) is 5.73 Å². The van der Waals surface area contributed by atoms with Crippen molar-refractivity contribution in [1.82, 2.24) is 0 Å². The monoisotopic (exact) mass is 256 g/mol. The molecule has 0 radical (unpaired) electrons. The van der Waals surface area contributed by atoms with Crippen molar-refractivity contribution < 1.29 is 0 Å². The first-order valence-electron chi connectivity index (χ1n) is 6.17. The smallest absolute Gasteiger partial charge is 0.0484 e. The summed E-state index contributed by atoms with van der Waals surface area (Å²) in [5.74, 6) is 1.15. The lowest BCUT2D eigenvalue weighted by molar-refractivity contribution is 1.07. The fourth-order valence-electron chi connectivity index (χ4n) is 2.20. The molecule has 0 amide bonds. The van der Waals surface area contributed by atoms with Crippen LogP contribution in [-0.2, 0) is 6.54 Å². The molecule has 2 nitrogen and oxygen atoms in total. The molecule has 0 bridgehead atoms. The fourth-order valence-corrected chi connectivity index (χ4v) is 3.07. The van der Waals surface area contributed by atoms with Crippen molar-refractivity contribution in [3.05, 3.63) is 48.0 Å². The lowest BCUT2D eigenvalue weighted by Crippen LogP contribution is -2.09.